The zero-order valence-corrected chi connectivity index (χ0v) is 5.57. The lowest BCUT2D eigenvalue weighted by molar-refractivity contribution is -0.0688. The van der Waals surface area contributed by atoms with E-state index in [0.717, 1.165) is 0 Å². The molecule has 0 aliphatic heterocycles. The smallest absolute Gasteiger partial charge is 0.361 e. The third kappa shape index (κ3) is 1.63. The van der Waals surface area contributed by atoms with Gasteiger partial charge in [-0.3, -0.25) is 0 Å². The van der Waals surface area contributed by atoms with Gasteiger partial charge in [-0.1, -0.05) is 6.58 Å². The van der Waals surface area contributed by atoms with Crippen LogP contribution in [0, 0.1) is 0 Å². The number of aromatic nitrogens is 1. The Balaban J connectivity index is 2.88. The van der Waals surface area contributed by atoms with Gasteiger partial charge < -0.3 is 4.98 Å². The minimum Gasteiger partial charge on any atom is -0.361 e. The number of alkyl halides is 3. The van der Waals surface area contributed by atoms with E-state index < -0.39 is 11.7 Å². The highest BCUT2D eigenvalue weighted by Gasteiger charge is 2.33. The zero-order valence-electron chi connectivity index (χ0n) is 5.57. The second-order valence-corrected chi connectivity index (χ2v) is 2.06. The van der Waals surface area contributed by atoms with E-state index in [2.05, 4.69) is 11.6 Å². The molecule has 1 heterocycles. The lowest BCUT2D eigenvalue weighted by Crippen LogP contribution is -2.09. The third-order valence-corrected chi connectivity index (χ3v) is 1.27. The van der Waals surface area contributed by atoms with Crippen molar-refractivity contribution in [1.29, 1.82) is 0 Å². The fourth-order valence-electron chi connectivity index (χ4n) is 0.671. The Kier molecular flexibility index (Phi) is 1.76. The van der Waals surface area contributed by atoms with Crippen LogP contribution in [0.25, 0.3) is 5.57 Å². The summed E-state index contributed by atoms with van der Waals surface area (Å²) < 4.78 is 35.7. The molecular weight excluding hydrogens is 155 g/mol. The quantitative estimate of drug-likeness (QED) is 0.651. The van der Waals surface area contributed by atoms with Gasteiger partial charge in [0.25, 0.3) is 0 Å². The molecule has 1 N–H and O–H groups in total. The van der Waals surface area contributed by atoms with Gasteiger partial charge in [0.15, 0.2) is 0 Å². The van der Waals surface area contributed by atoms with Crippen LogP contribution in [0.2, 0.25) is 0 Å². The third-order valence-electron chi connectivity index (χ3n) is 1.27. The first-order chi connectivity index (χ1) is 5.02. The van der Waals surface area contributed by atoms with Crippen molar-refractivity contribution in [3.8, 4) is 0 Å². The van der Waals surface area contributed by atoms with Crippen molar-refractivity contribution in [3.05, 3.63) is 30.6 Å². The zero-order chi connectivity index (χ0) is 8.48. The van der Waals surface area contributed by atoms with Crippen LogP contribution >= 0.6 is 0 Å². The summed E-state index contributed by atoms with van der Waals surface area (Å²) in [4.78, 5) is 2.42. The highest BCUT2D eigenvalue weighted by Crippen LogP contribution is 2.30. The lowest BCUT2D eigenvalue weighted by atomic mass is 10.2. The van der Waals surface area contributed by atoms with Gasteiger partial charge in [-0.2, -0.15) is 13.2 Å². The number of halogens is 3. The molecule has 1 nitrogen and oxygen atoms in total. The highest BCUT2D eigenvalue weighted by atomic mass is 19.4. The van der Waals surface area contributed by atoms with Crippen molar-refractivity contribution in [2.24, 2.45) is 0 Å². The number of rotatable bonds is 1. The van der Waals surface area contributed by atoms with Crippen LogP contribution < -0.4 is 0 Å². The summed E-state index contributed by atoms with van der Waals surface area (Å²) in [7, 11) is 0. The molecule has 0 atom stereocenters. The van der Waals surface area contributed by atoms with Crippen molar-refractivity contribution in [2.45, 2.75) is 6.18 Å². The Morgan fingerprint density at radius 3 is 2.45 bits per heavy atom. The van der Waals surface area contributed by atoms with Gasteiger partial charge in [0.1, 0.15) is 0 Å². The van der Waals surface area contributed by atoms with E-state index in [0.29, 0.717) is 0 Å². The maximum atomic E-state index is 11.9. The lowest BCUT2D eigenvalue weighted by Gasteiger charge is -2.06. The molecule has 1 rings (SSSR count). The molecule has 0 saturated carbocycles. The molecule has 0 amide bonds. The van der Waals surface area contributed by atoms with Gasteiger partial charge in [-0.25, -0.2) is 0 Å². The second kappa shape index (κ2) is 2.45. The Bertz CT molecular complexity index is 245. The van der Waals surface area contributed by atoms with Crippen molar-refractivity contribution < 1.29 is 13.2 Å². The average molecular weight is 161 g/mol. The first-order valence-electron chi connectivity index (χ1n) is 2.91. The Hall–Kier alpha value is -1.19. The predicted molar refractivity (Wildman–Crippen MR) is 35.9 cm³/mol. The van der Waals surface area contributed by atoms with E-state index in [4.69, 9.17) is 0 Å². The van der Waals surface area contributed by atoms with Gasteiger partial charge in [-0.05, 0) is 12.1 Å². The van der Waals surface area contributed by atoms with E-state index in [1.165, 1.54) is 18.3 Å². The normalized spacial score (nSPS) is 11.5. The van der Waals surface area contributed by atoms with E-state index in [9.17, 15) is 13.2 Å². The first-order valence-corrected chi connectivity index (χ1v) is 2.91. The standard InChI is InChI=1S/C7H6F3N/c1-5(7(8,9)10)6-3-2-4-11-6/h2-4,11H,1H2. The van der Waals surface area contributed by atoms with Crippen LogP contribution in [-0.4, -0.2) is 11.2 Å². The molecule has 0 aliphatic carbocycles. The molecule has 1 aromatic heterocycles. The number of allylic oxidation sites excluding steroid dienone is 1. The Morgan fingerprint density at radius 1 is 1.45 bits per heavy atom. The Morgan fingerprint density at radius 2 is 2.09 bits per heavy atom. The first kappa shape index (κ1) is 7.91. The molecule has 0 saturated heterocycles. The summed E-state index contributed by atoms with van der Waals surface area (Å²) in [6, 6.07) is 2.82. The molecule has 0 unspecified atom stereocenters. The van der Waals surface area contributed by atoms with Crippen molar-refractivity contribution in [2.75, 3.05) is 0 Å². The number of nitrogens with one attached hydrogen (secondary N) is 1. The number of aromatic amines is 1. The van der Waals surface area contributed by atoms with Crippen LogP contribution in [0.5, 0.6) is 0 Å². The number of H-pyrrole nitrogens is 1. The summed E-state index contributed by atoms with van der Waals surface area (Å²) in [6.45, 7) is 2.91. The van der Waals surface area contributed by atoms with Crippen molar-refractivity contribution in [3.63, 3.8) is 0 Å². The van der Waals surface area contributed by atoms with E-state index in [1.54, 1.807) is 0 Å². The second-order valence-electron chi connectivity index (χ2n) is 2.06. The summed E-state index contributed by atoms with van der Waals surface area (Å²) in [5.41, 5.74) is -0.833. The van der Waals surface area contributed by atoms with Gasteiger partial charge >= 0.3 is 6.18 Å². The van der Waals surface area contributed by atoms with Crippen LogP contribution in [-0.2, 0) is 0 Å². The molecule has 0 bridgehead atoms. The topological polar surface area (TPSA) is 15.8 Å². The monoisotopic (exact) mass is 161 g/mol. The van der Waals surface area contributed by atoms with Gasteiger partial charge in [0.05, 0.1) is 5.57 Å². The van der Waals surface area contributed by atoms with Gasteiger partial charge in [-0.15, -0.1) is 0 Å². The molecule has 1 aromatic rings. The summed E-state index contributed by atoms with van der Waals surface area (Å²) in [5.74, 6) is 0. The maximum Gasteiger partial charge on any atom is 0.417 e. The molecule has 0 spiro atoms. The van der Waals surface area contributed by atoms with Gasteiger partial charge in [0.2, 0.25) is 0 Å². The van der Waals surface area contributed by atoms with Crippen LogP contribution in [0.3, 0.4) is 0 Å². The van der Waals surface area contributed by atoms with Crippen LogP contribution in [0.15, 0.2) is 24.9 Å². The minimum absolute atomic E-state index is 0.0116. The van der Waals surface area contributed by atoms with E-state index in [1.807, 2.05) is 0 Å². The molecule has 0 radical (unpaired) electrons. The fraction of sp³-hybridized carbons (Fsp3) is 0.143. The molecule has 60 valence electrons. The predicted octanol–water partition coefficient (Wildman–Crippen LogP) is 2.59. The minimum atomic E-state index is -4.34. The SMILES string of the molecule is C=C(c1ccc[nH]1)C(F)(F)F. The van der Waals surface area contributed by atoms with Crippen molar-refractivity contribution >= 4 is 5.57 Å². The molecule has 0 aromatic carbocycles. The average Bonchev–Trinajstić information content (AvgIpc) is 2.34. The molecule has 0 fully saturated rings. The van der Waals surface area contributed by atoms with E-state index in [-0.39, 0.29) is 5.69 Å². The largest absolute Gasteiger partial charge is 0.417 e. The van der Waals surface area contributed by atoms with Gasteiger partial charge in [0, 0.05) is 11.9 Å². The molecular formula is C7H6F3N. The Labute approximate surface area is 61.5 Å². The summed E-state index contributed by atoms with van der Waals surface area (Å²) in [5, 5.41) is 0. The van der Waals surface area contributed by atoms with Crippen LogP contribution in [0.1, 0.15) is 5.69 Å². The number of hydrogen-bond donors (Lipinski definition) is 1. The summed E-state index contributed by atoms with van der Waals surface area (Å²) >= 11 is 0. The van der Waals surface area contributed by atoms with E-state index >= 15 is 0 Å². The highest BCUT2D eigenvalue weighted by molar-refractivity contribution is 5.64. The molecule has 4 heteroatoms. The maximum absolute atomic E-state index is 11.9. The summed E-state index contributed by atoms with van der Waals surface area (Å²) in [6.07, 6.45) is -2.92. The van der Waals surface area contributed by atoms with Crippen LogP contribution in [0.4, 0.5) is 13.2 Å². The fourth-order valence-corrected chi connectivity index (χ4v) is 0.671. The van der Waals surface area contributed by atoms with Crippen molar-refractivity contribution in [1.82, 2.24) is 4.98 Å². The molecule has 11 heavy (non-hydrogen) atoms. The number of hydrogen-bond acceptors (Lipinski definition) is 0. The molecule has 0 aliphatic rings.